The van der Waals surface area contributed by atoms with Gasteiger partial charge in [0.05, 0.1) is 13.2 Å². The van der Waals surface area contributed by atoms with E-state index in [1.807, 2.05) is 0 Å². The SMILES string of the molecule is COC(=O)c1cc(NC(=O)/C(N)=C/C(=N)[N+](=O)[O-])n[nH]1. The molecular formula is C9H10N6O5. The predicted molar refractivity (Wildman–Crippen MR) is 65.5 cm³/mol. The van der Waals surface area contributed by atoms with Gasteiger partial charge in [0, 0.05) is 6.07 Å². The Labute approximate surface area is 111 Å². The molecule has 0 saturated carbocycles. The molecule has 0 atom stereocenters. The molecule has 1 rings (SSSR count). The Kier molecular flexibility index (Phi) is 4.51. The highest BCUT2D eigenvalue weighted by Gasteiger charge is 2.14. The van der Waals surface area contributed by atoms with E-state index in [9.17, 15) is 19.7 Å². The van der Waals surface area contributed by atoms with Gasteiger partial charge >= 0.3 is 11.8 Å². The molecule has 11 nitrogen and oxygen atoms in total. The average molecular weight is 282 g/mol. The summed E-state index contributed by atoms with van der Waals surface area (Å²) in [5.41, 5.74) is 4.73. The number of methoxy groups -OCH3 is 1. The van der Waals surface area contributed by atoms with Gasteiger partial charge < -0.3 is 25.9 Å². The number of nitrogens with two attached hydrogens (primary N) is 1. The van der Waals surface area contributed by atoms with Gasteiger partial charge in [-0.1, -0.05) is 5.41 Å². The maximum Gasteiger partial charge on any atom is 0.357 e. The number of aromatic nitrogens is 2. The lowest BCUT2D eigenvalue weighted by atomic mass is 10.3. The van der Waals surface area contributed by atoms with E-state index in [0.717, 1.165) is 0 Å². The Hall–Kier alpha value is -3.24. The number of hydrogen-bond acceptors (Lipinski definition) is 8. The van der Waals surface area contributed by atoms with E-state index in [1.54, 1.807) is 0 Å². The fourth-order valence-electron chi connectivity index (χ4n) is 1.05. The van der Waals surface area contributed by atoms with Crippen LogP contribution in [-0.4, -0.2) is 39.9 Å². The molecule has 0 aliphatic carbocycles. The number of rotatable bonds is 4. The predicted octanol–water partition coefficient (Wildman–Crippen LogP) is -0.769. The van der Waals surface area contributed by atoms with Crippen molar-refractivity contribution in [2.24, 2.45) is 5.73 Å². The van der Waals surface area contributed by atoms with Gasteiger partial charge in [-0.25, -0.2) is 4.79 Å². The molecule has 0 bridgehead atoms. The van der Waals surface area contributed by atoms with Gasteiger partial charge in [0.2, 0.25) is 0 Å². The topological polar surface area (TPSA) is 177 Å². The van der Waals surface area contributed by atoms with Gasteiger partial charge in [-0.15, -0.1) is 0 Å². The third-order valence-corrected chi connectivity index (χ3v) is 1.98. The molecule has 0 aliphatic heterocycles. The van der Waals surface area contributed by atoms with Crippen LogP contribution in [0.1, 0.15) is 10.5 Å². The number of esters is 1. The molecule has 1 aromatic rings. The molecule has 1 aromatic heterocycles. The highest BCUT2D eigenvalue weighted by atomic mass is 16.6. The number of H-pyrrole nitrogens is 1. The van der Waals surface area contributed by atoms with Gasteiger partial charge in [-0.05, 0) is 4.92 Å². The first-order chi connectivity index (χ1) is 9.35. The Morgan fingerprint density at radius 1 is 1.65 bits per heavy atom. The molecule has 20 heavy (non-hydrogen) atoms. The Morgan fingerprint density at radius 3 is 2.85 bits per heavy atom. The van der Waals surface area contributed by atoms with E-state index in [4.69, 9.17) is 11.1 Å². The van der Waals surface area contributed by atoms with Crippen LogP contribution in [0, 0.1) is 15.5 Å². The van der Waals surface area contributed by atoms with Crippen molar-refractivity contribution in [2.45, 2.75) is 0 Å². The molecule has 0 aromatic carbocycles. The van der Waals surface area contributed by atoms with Crippen LogP contribution in [0.3, 0.4) is 0 Å². The largest absolute Gasteiger partial charge is 0.464 e. The Balaban J connectivity index is 2.76. The molecule has 0 aliphatic rings. The van der Waals surface area contributed by atoms with Crippen molar-refractivity contribution in [1.82, 2.24) is 10.2 Å². The molecule has 1 amide bonds. The van der Waals surface area contributed by atoms with Crippen molar-refractivity contribution in [1.29, 1.82) is 5.41 Å². The number of nitro groups is 1. The molecule has 11 heteroatoms. The number of amidine groups is 1. The molecule has 0 saturated heterocycles. The molecule has 0 fully saturated rings. The summed E-state index contributed by atoms with van der Waals surface area (Å²) in [7, 11) is 1.17. The van der Waals surface area contributed by atoms with E-state index < -0.39 is 28.3 Å². The molecule has 0 unspecified atom stereocenters. The number of amides is 1. The second kappa shape index (κ2) is 6.08. The zero-order chi connectivity index (χ0) is 15.3. The van der Waals surface area contributed by atoms with E-state index in [0.29, 0.717) is 6.08 Å². The van der Waals surface area contributed by atoms with E-state index >= 15 is 0 Å². The number of anilines is 1. The van der Waals surface area contributed by atoms with E-state index in [2.05, 4.69) is 20.3 Å². The van der Waals surface area contributed by atoms with Gasteiger partial charge in [-0.2, -0.15) is 5.10 Å². The van der Waals surface area contributed by atoms with Crippen LogP contribution in [0.5, 0.6) is 0 Å². The van der Waals surface area contributed by atoms with Gasteiger partial charge in [0.25, 0.3) is 5.91 Å². The summed E-state index contributed by atoms with van der Waals surface area (Å²) in [6.07, 6.45) is 0.587. The minimum Gasteiger partial charge on any atom is -0.464 e. The zero-order valence-corrected chi connectivity index (χ0v) is 10.2. The third-order valence-electron chi connectivity index (χ3n) is 1.98. The standard InChI is InChI=1S/C9H10N6O5/c1-20-9(17)5-3-7(14-13-5)12-8(16)4(10)2-6(11)15(18)19/h2-3,11H,10H2,1H3,(H2,12,13,14,16)/b4-2-,11-6?. The number of hydrogen-bond donors (Lipinski definition) is 4. The first-order valence-corrected chi connectivity index (χ1v) is 5.00. The van der Waals surface area contributed by atoms with Crippen molar-refractivity contribution in [3.05, 3.63) is 33.6 Å². The maximum absolute atomic E-state index is 11.5. The van der Waals surface area contributed by atoms with Crippen LogP contribution in [0.25, 0.3) is 0 Å². The minimum atomic E-state index is -1.03. The lowest BCUT2D eigenvalue weighted by Crippen LogP contribution is -2.22. The fraction of sp³-hybridized carbons (Fsp3) is 0.111. The normalized spacial score (nSPS) is 10.8. The van der Waals surface area contributed by atoms with Crippen LogP contribution < -0.4 is 11.1 Å². The Bertz CT molecular complexity index is 604. The second-order valence-corrected chi connectivity index (χ2v) is 3.35. The van der Waals surface area contributed by atoms with Crippen molar-refractivity contribution >= 4 is 23.5 Å². The fourth-order valence-corrected chi connectivity index (χ4v) is 1.05. The molecule has 0 spiro atoms. The number of nitrogens with zero attached hydrogens (tertiary/aromatic N) is 2. The average Bonchev–Trinajstić information content (AvgIpc) is 2.85. The van der Waals surface area contributed by atoms with Crippen LogP contribution in [-0.2, 0) is 9.53 Å². The summed E-state index contributed by atoms with van der Waals surface area (Å²) in [6, 6.07) is 1.19. The summed E-state index contributed by atoms with van der Waals surface area (Å²) in [5.74, 6) is -2.65. The lowest BCUT2D eigenvalue weighted by Gasteiger charge is -2.00. The van der Waals surface area contributed by atoms with Crippen molar-refractivity contribution in [3.8, 4) is 0 Å². The van der Waals surface area contributed by atoms with Gasteiger partial charge in [0.15, 0.2) is 5.82 Å². The van der Waals surface area contributed by atoms with Crippen molar-refractivity contribution in [3.63, 3.8) is 0 Å². The van der Waals surface area contributed by atoms with Crippen LogP contribution in [0.4, 0.5) is 5.82 Å². The number of aromatic amines is 1. The summed E-state index contributed by atoms with van der Waals surface area (Å²) in [4.78, 5) is 31.8. The number of ether oxygens (including phenoxy) is 1. The summed E-state index contributed by atoms with van der Waals surface area (Å²) >= 11 is 0. The van der Waals surface area contributed by atoms with Gasteiger partial charge in [-0.3, -0.25) is 9.89 Å². The first-order valence-electron chi connectivity index (χ1n) is 5.00. The maximum atomic E-state index is 11.5. The summed E-state index contributed by atoms with van der Waals surface area (Å²) in [5, 5.41) is 25.2. The molecule has 1 heterocycles. The van der Waals surface area contributed by atoms with Crippen LogP contribution in [0.15, 0.2) is 17.8 Å². The highest BCUT2D eigenvalue weighted by molar-refractivity contribution is 6.06. The minimum absolute atomic E-state index is 0.00313. The van der Waals surface area contributed by atoms with Crippen molar-refractivity contribution < 1.29 is 19.2 Å². The molecular weight excluding hydrogens is 272 g/mol. The second-order valence-electron chi connectivity index (χ2n) is 3.35. The van der Waals surface area contributed by atoms with Crippen LogP contribution >= 0.6 is 0 Å². The summed E-state index contributed by atoms with van der Waals surface area (Å²) in [6.45, 7) is 0. The quantitative estimate of drug-likeness (QED) is 0.140. The zero-order valence-electron chi connectivity index (χ0n) is 10.2. The number of nitrogens with one attached hydrogen (secondary N) is 3. The lowest BCUT2D eigenvalue weighted by molar-refractivity contribution is -0.349. The first kappa shape index (κ1) is 14.8. The van der Waals surface area contributed by atoms with Crippen molar-refractivity contribution in [2.75, 3.05) is 12.4 Å². The molecule has 0 radical (unpaired) electrons. The monoisotopic (exact) mass is 282 g/mol. The summed E-state index contributed by atoms with van der Waals surface area (Å²) < 4.78 is 4.42. The van der Waals surface area contributed by atoms with Gasteiger partial charge in [0.1, 0.15) is 11.4 Å². The number of carbonyl (C=O) groups excluding carboxylic acids is 2. The molecule has 106 valence electrons. The highest BCUT2D eigenvalue weighted by Crippen LogP contribution is 2.07. The number of carbonyl (C=O) groups is 2. The Morgan fingerprint density at radius 2 is 2.30 bits per heavy atom. The third kappa shape index (κ3) is 3.63. The van der Waals surface area contributed by atoms with Crippen LogP contribution in [0.2, 0.25) is 0 Å². The molecule has 5 N–H and O–H groups in total. The van der Waals surface area contributed by atoms with E-state index in [1.165, 1.54) is 13.2 Å². The van der Waals surface area contributed by atoms with E-state index in [-0.39, 0.29) is 11.5 Å². The smallest absolute Gasteiger partial charge is 0.357 e.